The van der Waals surface area contributed by atoms with E-state index in [-0.39, 0.29) is 5.79 Å². The van der Waals surface area contributed by atoms with Gasteiger partial charge in [0.25, 0.3) is 0 Å². The smallest absolute Gasteiger partial charge is 0.170 e. The highest BCUT2D eigenvalue weighted by Gasteiger charge is 2.43. The van der Waals surface area contributed by atoms with Gasteiger partial charge >= 0.3 is 0 Å². The summed E-state index contributed by atoms with van der Waals surface area (Å²) in [4.78, 5) is 0. The molecule has 1 atom stereocenters. The van der Waals surface area contributed by atoms with Gasteiger partial charge in [-0.15, -0.1) is 0 Å². The van der Waals surface area contributed by atoms with Crippen LogP contribution in [-0.2, 0) is 9.47 Å². The number of ether oxygens (including phenoxy) is 2. The Bertz CT molecular complexity index is 143. The molecular weight excluding hydrogens is 142 g/mol. The van der Waals surface area contributed by atoms with Crippen molar-refractivity contribution in [3.05, 3.63) is 0 Å². The molecule has 3 heteroatoms. The lowest BCUT2D eigenvalue weighted by Crippen LogP contribution is -2.30. The Morgan fingerprint density at radius 2 is 2.09 bits per heavy atom. The minimum absolute atomic E-state index is 0.201. The van der Waals surface area contributed by atoms with Crippen LogP contribution in [0.5, 0.6) is 0 Å². The molecule has 11 heavy (non-hydrogen) atoms. The van der Waals surface area contributed by atoms with Crippen LogP contribution in [0.4, 0.5) is 0 Å². The maximum atomic E-state index is 5.57. The van der Waals surface area contributed by atoms with Crippen LogP contribution < -0.4 is 5.32 Å². The number of rotatable bonds is 1. The van der Waals surface area contributed by atoms with Gasteiger partial charge in [0.1, 0.15) is 0 Å². The van der Waals surface area contributed by atoms with E-state index in [9.17, 15) is 0 Å². The van der Waals surface area contributed by atoms with Gasteiger partial charge in [0.2, 0.25) is 0 Å². The van der Waals surface area contributed by atoms with Crippen molar-refractivity contribution in [1.29, 1.82) is 0 Å². The Morgan fingerprint density at radius 3 is 2.64 bits per heavy atom. The topological polar surface area (TPSA) is 30.5 Å². The molecule has 0 aromatic heterocycles. The molecule has 2 aliphatic rings. The molecule has 1 saturated carbocycles. The Kier molecular flexibility index (Phi) is 1.87. The first-order chi connectivity index (χ1) is 5.35. The van der Waals surface area contributed by atoms with Crippen LogP contribution in [0.25, 0.3) is 0 Å². The highest BCUT2D eigenvalue weighted by Crippen LogP contribution is 2.36. The van der Waals surface area contributed by atoms with Gasteiger partial charge in [-0.25, -0.2) is 0 Å². The Morgan fingerprint density at radius 1 is 1.36 bits per heavy atom. The van der Waals surface area contributed by atoms with E-state index in [1.54, 1.807) is 0 Å². The molecule has 1 aliphatic carbocycles. The highest BCUT2D eigenvalue weighted by molar-refractivity contribution is 4.88. The minimum Gasteiger partial charge on any atom is -0.347 e. The average molecular weight is 157 g/mol. The van der Waals surface area contributed by atoms with E-state index in [0.717, 1.165) is 26.1 Å². The summed E-state index contributed by atoms with van der Waals surface area (Å²) >= 11 is 0. The first kappa shape index (κ1) is 7.53. The molecule has 2 fully saturated rings. The molecule has 1 aliphatic heterocycles. The summed E-state index contributed by atoms with van der Waals surface area (Å²) in [6.07, 6.45) is 3.25. The van der Waals surface area contributed by atoms with E-state index >= 15 is 0 Å². The van der Waals surface area contributed by atoms with Gasteiger partial charge < -0.3 is 14.8 Å². The van der Waals surface area contributed by atoms with E-state index in [2.05, 4.69) is 5.32 Å². The lowest BCUT2D eigenvalue weighted by atomic mass is 10.2. The molecular formula is C8H15NO2. The number of hydrogen-bond acceptors (Lipinski definition) is 3. The van der Waals surface area contributed by atoms with Gasteiger partial charge in [0.15, 0.2) is 5.79 Å². The zero-order chi connectivity index (χ0) is 7.73. The number of hydrogen-bond donors (Lipinski definition) is 1. The van der Waals surface area contributed by atoms with Crippen LogP contribution in [0.1, 0.15) is 19.3 Å². The van der Waals surface area contributed by atoms with Crippen molar-refractivity contribution in [2.24, 2.45) is 0 Å². The number of nitrogens with one attached hydrogen (secondary N) is 1. The zero-order valence-electron chi connectivity index (χ0n) is 6.93. The summed E-state index contributed by atoms with van der Waals surface area (Å²) in [5.41, 5.74) is 0. The van der Waals surface area contributed by atoms with Gasteiger partial charge in [-0.05, 0) is 13.5 Å². The van der Waals surface area contributed by atoms with Crippen LogP contribution in [0.15, 0.2) is 0 Å². The quantitative estimate of drug-likeness (QED) is 0.601. The molecule has 1 N–H and O–H groups in total. The second kappa shape index (κ2) is 2.73. The third-order valence-corrected chi connectivity index (χ3v) is 2.65. The fraction of sp³-hybridized carbons (Fsp3) is 1.00. The molecule has 1 unspecified atom stereocenters. The molecule has 0 amide bonds. The van der Waals surface area contributed by atoms with Gasteiger partial charge in [-0.2, -0.15) is 0 Å². The molecule has 1 heterocycles. The first-order valence-electron chi connectivity index (χ1n) is 4.30. The van der Waals surface area contributed by atoms with Crippen molar-refractivity contribution in [2.45, 2.75) is 31.1 Å². The van der Waals surface area contributed by atoms with Crippen molar-refractivity contribution < 1.29 is 9.47 Å². The first-order valence-corrected chi connectivity index (χ1v) is 4.30. The second-order valence-electron chi connectivity index (χ2n) is 3.34. The monoisotopic (exact) mass is 157 g/mol. The standard InChI is InChI=1S/C8H15NO2/c1-9-7-2-3-8(6-7)10-4-5-11-8/h7,9H,2-6H2,1H3. The Labute approximate surface area is 67.1 Å². The fourth-order valence-electron chi connectivity index (χ4n) is 1.98. The van der Waals surface area contributed by atoms with Crippen molar-refractivity contribution in [1.82, 2.24) is 5.32 Å². The van der Waals surface area contributed by atoms with Crippen molar-refractivity contribution in [2.75, 3.05) is 20.3 Å². The van der Waals surface area contributed by atoms with E-state index in [0.29, 0.717) is 6.04 Å². The van der Waals surface area contributed by atoms with Crippen LogP contribution in [0.2, 0.25) is 0 Å². The van der Waals surface area contributed by atoms with Gasteiger partial charge in [0.05, 0.1) is 13.2 Å². The van der Waals surface area contributed by atoms with Crippen LogP contribution in [0.3, 0.4) is 0 Å². The Balaban J connectivity index is 1.96. The van der Waals surface area contributed by atoms with Gasteiger partial charge in [-0.3, -0.25) is 0 Å². The van der Waals surface area contributed by atoms with Crippen LogP contribution >= 0.6 is 0 Å². The summed E-state index contributed by atoms with van der Waals surface area (Å²) in [7, 11) is 2.00. The second-order valence-corrected chi connectivity index (χ2v) is 3.34. The maximum Gasteiger partial charge on any atom is 0.170 e. The SMILES string of the molecule is CNC1CCC2(C1)OCCO2. The van der Waals surface area contributed by atoms with E-state index in [1.165, 1.54) is 6.42 Å². The lowest BCUT2D eigenvalue weighted by molar-refractivity contribution is -0.151. The van der Waals surface area contributed by atoms with Crippen molar-refractivity contribution in [3.63, 3.8) is 0 Å². The van der Waals surface area contributed by atoms with Gasteiger partial charge in [0, 0.05) is 18.9 Å². The lowest BCUT2D eigenvalue weighted by Gasteiger charge is -2.21. The predicted molar refractivity (Wildman–Crippen MR) is 41.3 cm³/mol. The molecule has 0 aromatic carbocycles. The zero-order valence-corrected chi connectivity index (χ0v) is 6.93. The third-order valence-electron chi connectivity index (χ3n) is 2.65. The summed E-state index contributed by atoms with van der Waals surface area (Å²) < 4.78 is 11.1. The summed E-state index contributed by atoms with van der Waals surface area (Å²) in [5, 5.41) is 3.26. The molecule has 64 valence electrons. The van der Waals surface area contributed by atoms with Crippen molar-refractivity contribution in [3.8, 4) is 0 Å². The maximum absolute atomic E-state index is 5.57. The summed E-state index contributed by atoms with van der Waals surface area (Å²) in [5.74, 6) is -0.201. The molecule has 1 saturated heterocycles. The Hall–Kier alpha value is -0.120. The van der Waals surface area contributed by atoms with Crippen LogP contribution in [-0.4, -0.2) is 32.1 Å². The minimum atomic E-state index is -0.201. The van der Waals surface area contributed by atoms with Crippen molar-refractivity contribution >= 4 is 0 Å². The average Bonchev–Trinajstić information content (AvgIpc) is 2.62. The van der Waals surface area contributed by atoms with Crippen LogP contribution in [0, 0.1) is 0 Å². The van der Waals surface area contributed by atoms with E-state index in [4.69, 9.17) is 9.47 Å². The molecule has 3 nitrogen and oxygen atoms in total. The third kappa shape index (κ3) is 1.28. The molecule has 0 aromatic rings. The fourth-order valence-corrected chi connectivity index (χ4v) is 1.98. The summed E-state index contributed by atoms with van der Waals surface area (Å²) in [6.45, 7) is 1.55. The summed E-state index contributed by atoms with van der Waals surface area (Å²) in [6, 6.07) is 0.591. The molecule has 2 rings (SSSR count). The molecule has 0 bridgehead atoms. The molecule has 1 spiro atoms. The largest absolute Gasteiger partial charge is 0.347 e. The van der Waals surface area contributed by atoms with E-state index in [1.807, 2.05) is 7.05 Å². The highest BCUT2D eigenvalue weighted by atomic mass is 16.7. The predicted octanol–water partition coefficient (Wildman–Crippen LogP) is 0.501. The molecule has 0 radical (unpaired) electrons. The normalized spacial score (nSPS) is 35.2. The van der Waals surface area contributed by atoms with Gasteiger partial charge in [-0.1, -0.05) is 0 Å². The van der Waals surface area contributed by atoms with E-state index < -0.39 is 0 Å².